The maximum Gasteiger partial charge on any atom is 0.252 e. The van der Waals surface area contributed by atoms with Crippen LogP contribution in [0.4, 0.5) is 0 Å². The first kappa shape index (κ1) is 11.4. The average Bonchev–Trinajstić information content (AvgIpc) is 3.02. The van der Waals surface area contributed by atoms with Crippen LogP contribution in [-0.2, 0) is 0 Å². The number of nitrogens with one attached hydrogen (secondary N) is 1. The first-order valence-corrected chi connectivity index (χ1v) is 5.64. The van der Waals surface area contributed by atoms with E-state index in [1.807, 2.05) is 6.92 Å². The number of hydrogen-bond donors (Lipinski definition) is 2. The molecule has 0 unspecified atom stereocenters. The molecule has 0 radical (unpaired) electrons. The molecule has 0 heterocycles. The summed E-state index contributed by atoms with van der Waals surface area (Å²) in [5, 5.41) is 12.6. The van der Waals surface area contributed by atoms with Gasteiger partial charge in [0.1, 0.15) is 0 Å². The number of carbonyl (C=O) groups is 1. The van der Waals surface area contributed by atoms with Crippen LogP contribution in [0.3, 0.4) is 0 Å². The summed E-state index contributed by atoms with van der Waals surface area (Å²) < 4.78 is 0. The second-order valence-corrected chi connectivity index (χ2v) is 4.71. The maximum absolute atomic E-state index is 12.0. The van der Waals surface area contributed by atoms with Crippen LogP contribution >= 0.6 is 11.6 Å². The molecule has 0 aliphatic heterocycles. The molecule has 1 saturated carbocycles. The standard InChI is InChI=1S/C12H14ClNO2/c1-8-9(3-2-4-10(8)13)11(16)14-12(7-15)5-6-12/h2-4,15H,5-7H2,1H3,(H,14,16). The van der Waals surface area contributed by atoms with E-state index in [0.29, 0.717) is 10.6 Å². The van der Waals surface area contributed by atoms with Crippen LogP contribution in [0.25, 0.3) is 0 Å². The van der Waals surface area contributed by atoms with Gasteiger partial charge in [-0.1, -0.05) is 17.7 Å². The van der Waals surface area contributed by atoms with Gasteiger partial charge in [-0.25, -0.2) is 0 Å². The molecule has 3 nitrogen and oxygen atoms in total. The molecule has 16 heavy (non-hydrogen) atoms. The number of halogens is 1. The van der Waals surface area contributed by atoms with Gasteiger partial charge >= 0.3 is 0 Å². The first-order valence-electron chi connectivity index (χ1n) is 5.26. The number of aliphatic hydroxyl groups excluding tert-OH is 1. The van der Waals surface area contributed by atoms with Crippen LogP contribution in [0.2, 0.25) is 5.02 Å². The summed E-state index contributed by atoms with van der Waals surface area (Å²) in [5.41, 5.74) is 0.967. The predicted molar refractivity (Wildman–Crippen MR) is 62.7 cm³/mol. The van der Waals surface area contributed by atoms with E-state index in [9.17, 15) is 4.79 Å². The molecule has 1 aliphatic carbocycles. The number of rotatable bonds is 3. The SMILES string of the molecule is Cc1c(Cl)cccc1C(=O)NC1(CO)CC1. The summed E-state index contributed by atoms with van der Waals surface area (Å²) in [5.74, 6) is -0.161. The van der Waals surface area contributed by atoms with Gasteiger partial charge in [-0.3, -0.25) is 4.79 Å². The van der Waals surface area contributed by atoms with Gasteiger partial charge in [0, 0.05) is 10.6 Å². The molecule has 86 valence electrons. The molecule has 0 saturated heterocycles. The lowest BCUT2D eigenvalue weighted by Crippen LogP contribution is -2.39. The monoisotopic (exact) mass is 239 g/mol. The highest BCUT2D eigenvalue weighted by Crippen LogP contribution is 2.35. The van der Waals surface area contributed by atoms with E-state index in [4.69, 9.17) is 16.7 Å². The molecule has 1 aromatic carbocycles. The van der Waals surface area contributed by atoms with Crippen molar-refractivity contribution in [2.75, 3.05) is 6.61 Å². The third-order valence-electron chi connectivity index (χ3n) is 3.05. The van der Waals surface area contributed by atoms with Gasteiger partial charge in [0.25, 0.3) is 5.91 Å². The molecule has 1 aliphatic rings. The van der Waals surface area contributed by atoms with Crippen molar-refractivity contribution in [3.8, 4) is 0 Å². The van der Waals surface area contributed by atoms with E-state index in [1.54, 1.807) is 18.2 Å². The van der Waals surface area contributed by atoms with Crippen LogP contribution in [0.5, 0.6) is 0 Å². The second-order valence-electron chi connectivity index (χ2n) is 4.30. The van der Waals surface area contributed by atoms with Crippen LogP contribution < -0.4 is 5.32 Å². The summed E-state index contributed by atoms with van der Waals surface area (Å²) >= 11 is 5.95. The van der Waals surface area contributed by atoms with Crippen molar-refractivity contribution in [1.82, 2.24) is 5.32 Å². The van der Waals surface area contributed by atoms with Crippen molar-refractivity contribution in [3.63, 3.8) is 0 Å². The summed E-state index contributed by atoms with van der Waals surface area (Å²) in [7, 11) is 0. The molecule has 0 atom stereocenters. The Morgan fingerprint density at radius 1 is 1.56 bits per heavy atom. The van der Waals surface area contributed by atoms with Crippen LogP contribution in [0.1, 0.15) is 28.8 Å². The van der Waals surface area contributed by atoms with Crippen LogP contribution in [0.15, 0.2) is 18.2 Å². The fraction of sp³-hybridized carbons (Fsp3) is 0.417. The first-order chi connectivity index (χ1) is 7.58. The fourth-order valence-electron chi connectivity index (χ4n) is 1.64. The Morgan fingerprint density at radius 2 is 2.25 bits per heavy atom. The minimum absolute atomic E-state index is 0.00163. The minimum atomic E-state index is -0.383. The van der Waals surface area contributed by atoms with E-state index >= 15 is 0 Å². The zero-order valence-corrected chi connectivity index (χ0v) is 9.84. The Kier molecular flexibility index (Phi) is 2.91. The van der Waals surface area contributed by atoms with Gasteiger partial charge in [-0.15, -0.1) is 0 Å². The van der Waals surface area contributed by atoms with Gasteiger partial charge in [-0.05, 0) is 37.5 Å². The zero-order chi connectivity index (χ0) is 11.8. The fourth-order valence-corrected chi connectivity index (χ4v) is 1.81. The second kappa shape index (κ2) is 4.07. The highest BCUT2D eigenvalue weighted by Gasteiger charge is 2.43. The van der Waals surface area contributed by atoms with Crippen LogP contribution in [-0.4, -0.2) is 23.2 Å². The molecule has 1 aromatic rings. The molecule has 1 amide bonds. The van der Waals surface area contributed by atoms with E-state index in [0.717, 1.165) is 18.4 Å². The van der Waals surface area contributed by atoms with E-state index in [1.165, 1.54) is 0 Å². The van der Waals surface area contributed by atoms with Crippen molar-refractivity contribution < 1.29 is 9.90 Å². The Balaban J connectivity index is 2.18. The van der Waals surface area contributed by atoms with Gasteiger partial charge in [-0.2, -0.15) is 0 Å². The minimum Gasteiger partial charge on any atom is -0.394 e. The van der Waals surface area contributed by atoms with Gasteiger partial charge in [0.05, 0.1) is 12.1 Å². The highest BCUT2D eigenvalue weighted by atomic mass is 35.5. The smallest absolute Gasteiger partial charge is 0.252 e. The van der Waals surface area contributed by atoms with Gasteiger partial charge in [0.2, 0.25) is 0 Å². The van der Waals surface area contributed by atoms with Gasteiger partial charge < -0.3 is 10.4 Å². The lowest BCUT2D eigenvalue weighted by Gasteiger charge is -2.15. The molecule has 2 N–H and O–H groups in total. The quantitative estimate of drug-likeness (QED) is 0.847. The van der Waals surface area contributed by atoms with Crippen molar-refractivity contribution in [3.05, 3.63) is 34.3 Å². The highest BCUT2D eigenvalue weighted by molar-refractivity contribution is 6.31. The van der Waals surface area contributed by atoms with Crippen molar-refractivity contribution >= 4 is 17.5 Å². The summed E-state index contributed by atoms with van der Waals surface area (Å²) in [6, 6.07) is 5.25. The van der Waals surface area contributed by atoms with E-state index in [-0.39, 0.29) is 18.1 Å². The van der Waals surface area contributed by atoms with Gasteiger partial charge in [0.15, 0.2) is 0 Å². The number of benzene rings is 1. The number of carbonyl (C=O) groups excluding carboxylic acids is 1. The lowest BCUT2D eigenvalue weighted by molar-refractivity contribution is 0.0906. The molecule has 2 rings (SSSR count). The molecule has 0 aromatic heterocycles. The lowest BCUT2D eigenvalue weighted by atomic mass is 10.1. The van der Waals surface area contributed by atoms with Crippen molar-refractivity contribution in [2.45, 2.75) is 25.3 Å². The Morgan fingerprint density at radius 3 is 2.81 bits per heavy atom. The van der Waals surface area contributed by atoms with Crippen molar-refractivity contribution in [1.29, 1.82) is 0 Å². The third kappa shape index (κ3) is 2.06. The molecule has 0 bridgehead atoms. The number of hydrogen-bond acceptors (Lipinski definition) is 2. The number of amides is 1. The molecule has 1 fully saturated rings. The topological polar surface area (TPSA) is 49.3 Å². The Bertz CT molecular complexity index is 427. The zero-order valence-electron chi connectivity index (χ0n) is 9.09. The summed E-state index contributed by atoms with van der Waals surface area (Å²) in [6.07, 6.45) is 1.68. The molecular weight excluding hydrogens is 226 g/mol. The largest absolute Gasteiger partial charge is 0.394 e. The summed E-state index contributed by atoms with van der Waals surface area (Å²) in [4.78, 5) is 12.0. The number of aliphatic hydroxyl groups is 1. The molecular formula is C12H14ClNO2. The van der Waals surface area contributed by atoms with E-state index < -0.39 is 0 Å². The van der Waals surface area contributed by atoms with Crippen molar-refractivity contribution in [2.24, 2.45) is 0 Å². The Labute approximate surface area is 99.4 Å². The average molecular weight is 240 g/mol. The Hall–Kier alpha value is -1.06. The normalized spacial score (nSPS) is 16.9. The maximum atomic E-state index is 12.0. The third-order valence-corrected chi connectivity index (χ3v) is 3.46. The summed E-state index contributed by atoms with van der Waals surface area (Å²) in [6.45, 7) is 1.81. The van der Waals surface area contributed by atoms with E-state index in [2.05, 4.69) is 5.32 Å². The van der Waals surface area contributed by atoms with Crippen LogP contribution in [0, 0.1) is 6.92 Å². The molecule has 0 spiro atoms. The predicted octanol–water partition coefficient (Wildman–Crippen LogP) is 1.90. The molecule has 4 heteroatoms.